The molecule has 2 rings (SSSR count). The molecule has 0 saturated heterocycles. The van der Waals surface area contributed by atoms with Crippen LogP contribution in [0.25, 0.3) is 0 Å². The number of rotatable bonds is 6. The Morgan fingerprint density at radius 2 is 1.92 bits per heavy atom. The summed E-state index contributed by atoms with van der Waals surface area (Å²) in [6.07, 6.45) is 0.777. The van der Waals surface area contributed by atoms with Crippen LogP contribution in [0.1, 0.15) is 36.2 Å². The van der Waals surface area contributed by atoms with Crippen molar-refractivity contribution in [3.8, 4) is 0 Å². The predicted octanol–water partition coefficient (Wildman–Crippen LogP) is 3.98. The van der Waals surface area contributed by atoms with Crippen LogP contribution in [-0.4, -0.2) is 20.4 Å². The molecule has 0 aliphatic heterocycles. The van der Waals surface area contributed by atoms with Gasteiger partial charge >= 0.3 is 0 Å². The summed E-state index contributed by atoms with van der Waals surface area (Å²) in [6.45, 7) is 5.70. The standard InChI is InChI=1S/C18H21ClN2O3S/c1-4-13(3)20-18(22)14-8-9-16(19)17(11-14)25(23,24)21-15-7-5-6-12(2)10-15/h5-11,13,21H,4H2,1-3H3,(H,20,22)/t13-/m0/s1. The molecule has 0 fully saturated rings. The topological polar surface area (TPSA) is 75.3 Å². The van der Waals surface area contributed by atoms with E-state index in [1.54, 1.807) is 18.2 Å². The maximum Gasteiger partial charge on any atom is 0.263 e. The first-order valence-corrected chi connectivity index (χ1v) is 9.79. The predicted molar refractivity (Wildman–Crippen MR) is 101 cm³/mol. The summed E-state index contributed by atoms with van der Waals surface area (Å²) in [5.41, 5.74) is 1.60. The van der Waals surface area contributed by atoms with E-state index in [0.717, 1.165) is 12.0 Å². The summed E-state index contributed by atoms with van der Waals surface area (Å²) in [5.74, 6) is -0.335. The molecule has 0 unspecified atom stereocenters. The van der Waals surface area contributed by atoms with Crippen LogP contribution in [0.2, 0.25) is 5.02 Å². The van der Waals surface area contributed by atoms with Crippen LogP contribution in [0.15, 0.2) is 47.4 Å². The Kier molecular flexibility index (Phi) is 6.08. The third kappa shape index (κ3) is 4.96. The highest BCUT2D eigenvalue weighted by molar-refractivity contribution is 7.92. The van der Waals surface area contributed by atoms with Crippen molar-refractivity contribution in [2.24, 2.45) is 0 Å². The van der Waals surface area contributed by atoms with Crippen LogP contribution in [0.5, 0.6) is 0 Å². The number of aryl methyl sites for hydroxylation is 1. The van der Waals surface area contributed by atoms with E-state index >= 15 is 0 Å². The van der Waals surface area contributed by atoms with Gasteiger partial charge in [0.25, 0.3) is 15.9 Å². The Morgan fingerprint density at radius 3 is 2.56 bits per heavy atom. The van der Waals surface area contributed by atoms with Crippen molar-refractivity contribution >= 4 is 33.2 Å². The second kappa shape index (κ2) is 7.89. The number of sulfonamides is 1. The van der Waals surface area contributed by atoms with Crippen LogP contribution in [0, 0.1) is 6.92 Å². The lowest BCUT2D eigenvalue weighted by Crippen LogP contribution is -2.32. The summed E-state index contributed by atoms with van der Waals surface area (Å²) >= 11 is 6.07. The number of benzene rings is 2. The van der Waals surface area contributed by atoms with Gasteiger partial charge in [-0.25, -0.2) is 8.42 Å². The van der Waals surface area contributed by atoms with Gasteiger partial charge < -0.3 is 5.32 Å². The molecule has 5 nitrogen and oxygen atoms in total. The van der Waals surface area contributed by atoms with Crippen molar-refractivity contribution in [1.29, 1.82) is 0 Å². The van der Waals surface area contributed by atoms with E-state index in [4.69, 9.17) is 11.6 Å². The lowest BCUT2D eigenvalue weighted by atomic mass is 10.2. The van der Waals surface area contributed by atoms with Gasteiger partial charge in [0, 0.05) is 17.3 Å². The minimum absolute atomic E-state index is 0.00588. The number of halogens is 1. The Morgan fingerprint density at radius 1 is 1.20 bits per heavy atom. The number of carbonyl (C=O) groups is 1. The molecule has 1 atom stereocenters. The fourth-order valence-corrected chi connectivity index (χ4v) is 3.75. The Labute approximate surface area is 153 Å². The normalized spacial score (nSPS) is 12.5. The van der Waals surface area contributed by atoms with Gasteiger partial charge in [0.05, 0.1) is 5.02 Å². The van der Waals surface area contributed by atoms with Gasteiger partial charge in [0.1, 0.15) is 4.90 Å². The third-order valence-electron chi connectivity index (χ3n) is 3.74. The molecule has 0 saturated carbocycles. The first-order chi connectivity index (χ1) is 11.7. The Bertz CT molecular complexity index is 882. The monoisotopic (exact) mass is 380 g/mol. The molecular formula is C18H21ClN2O3S. The highest BCUT2D eigenvalue weighted by atomic mass is 35.5. The molecule has 25 heavy (non-hydrogen) atoms. The van der Waals surface area contributed by atoms with Gasteiger partial charge in [-0.3, -0.25) is 9.52 Å². The average Bonchev–Trinajstić information content (AvgIpc) is 2.54. The average molecular weight is 381 g/mol. The maximum atomic E-state index is 12.7. The molecule has 1 amide bonds. The zero-order chi connectivity index (χ0) is 18.6. The molecule has 2 aromatic rings. The van der Waals surface area contributed by atoms with Crippen molar-refractivity contribution in [2.45, 2.75) is 38.1 Å². The molecular weight excluding hydrogens is 360 g/mol. The van der Waals surface area contributed by atoms with Gasteiger partial charge in [-0.05, 0) is 56.2 Å². The Balaban J connectivity index is 2.34. The van der Waals surface area contributed by atoms with E-state index < -0.39 is 10.0 Å². The number of carbonyl (C=O) groups excluding carboxylic acids is 1. The van der Waals surface area contributed by atoms with Crippen molar-refractivity contribution in [2.75, 3.05) is 4.72 Å². The number of amides is 1. The molecule has 7 heteroatoms. The zero-order valence-electron chi connectivity index (χ0n) is 14.3. The minimum atomic E-state index is -3.91. The van der Waals surface area contributed by atoms with Gasteiger partial charge in [-0.1, -0.05) is 30.7 Å². The highest BCUT2D eigenvalue weighted by Crippen LogP contribution is 2.25. The SMILES string of the molecule is CC[C@H](C)NC(=O)c1ccc(Cl)c(S(=O)(=O)Nc2cccc(C)c2)c1. The van der Waals surface area contributed by atoms with Crippen LogP contribution >= 0.6 is 11.6 Å². The van der Waals surface area contributed by atoms with Crippen molar-refractivity contribution in [1.82, 2.24) is 5.32 Å². The fraction of sp³-hybridized carbons (Fsp3) is 0.278. The van der Waals surface area contributed by atoms with Crippen LogP contribution in [0.4, 0.5) is 5.69 Å². The van der Waals surface area contributed by atoms with Gasteiger partial charge in [0.2, 0.25) is 0 Å². The second-order valence-electron chi connectivity index (χ2n) is 5.90. The van der Waals surface area contributed by atoms with Gasteiger partial charge in [-0.2, -0.15) is 0 Å². The quantitative estimate of drug-likeness (QED) is 0.795. The van der Waals surface area contributed by atoms with Crippen LogP contribution in [-0.2, 0) is 10.0 Å². The van der Waals surface area contributed by atoms with Crippen molar-refractivity contribution < 1.29 is 13.2 Å². The third-order valence-corrected chi connectivity index (χ3v) is 5.61. The molecule has 0 aromatic heterocycles. The maximum absolute atomic E-state index is 12.7. The smallest absolute Gasteiger partial charge is 0.263 e. The molecule has 0 heterocycles. The first-order valence-electron chi connectivity index (χ1n) is 7.93. The van der Waals surface area contributed by atoms with E-state index in [1.165, 1.54) is 18.2 Å². The number of anilines is 1. The molecule has 0 radical (unpaired) electrons. The minimum Gasteiger partial charge on any atom is -0.350 e. The van der Waals surface area contributed by atoms with E-state index in [2.05, 4.69) is 10.0 Å². The van der Waals surface area contributed by atoms with E-state index in [1.807, 2.05) is 26.8 Å². The summed E-state index contributed by atoms with van der Waals surface area (Å²) in [6, 6.07) is 11.2. The molecule has 2 aromatic carbocycles. The van der Waals surface area contributed by atoms with Crippen LogP contribution < -0.4 is 10.0 Å². The number of hydrogen-bond donors (Lipinski definition) is 2. The van der Waals surface area contributed by atoms with Gasteiger partial charge in [0.15, 0.2) is 0 Å². The lowest BCUT2D eigenvalue weighted by molar-refractivity contribution is 0.0939. The van der Waals surface area contributed by atoms with Crippen molar-refractivity contribution in [3.05, 3.63) is 58.6 Å². The number of nitrogens with one attached hydrogen (secondary N) is 2. The van der Waals surface area contributed by atoms with E-state index in [-0.39, 0.29) is 27.4 Å². The summed E-state index contributed by atoms with van der Waals surface area (Å²) in [7, 11) is -3.91. The molecule has 0 aliphatic carbocycles. The largest absolute Gasteiger partial charge is 0.350 e. The fourth-order valence-electron chi connectivity index (χ4n) is 2.18. The molecule has 2 N–H and O–H groups in total. The lowest BCUT2D eigenvalue weighted by Gasteiger charge is -2.14. The summed E-state index contributed by atoms with van der Waals surface area (Å²) < 4.78 is 27.8. The number of hydrogen-bond acceptors (Lipinski definition) is 3. The zero-order valence-corrected chi connectivity index (χ0v) is 15.9. The Hall–Kier alpha value is -2.05. The van der Waals surface area contributed by atoms with E-state index in [9.17, 15) is 13.2 Å². The molecule has 0 bridgehead atoms. The molecule has 134 valence electrons. The molecule has 0 spiro atoms. The summed E-state index contributed by atoms with van der Waals surface area (Å²) in [5, 5.41) is 2.86. The highest BCUT2D eigenvalue weighted by Gasteiger charge is 2.21. The van der Waals surface area contributed by atoms with Gasteiger partial charge in [-0.15, -0.1) is 0 Å². The second-order valence-corrected chi connectivity index (χ2v) is 7.96. The molecule has 0 aliphatic rings. The van der Waals surface area contributed by atoms with Crippen molar-refractivity contribution in [3.63, 3.8) is 0 Å². The first kappa shape index (κ1) is 19.3. The summed E-state index contributed by atoms with van der Waals surface area (Å²) in [4.78, 5) is 12.1. The van der Waals surface area contributed by atoms with E-state index in [0.29, 0.717) is 5.69 Å². The van der Waals surface area contributed by atoms with Crippen LogP contribution in [0.3, 0.4) is 0 Å².